The highest BCUT2D eigenvalue weighted by Crippen LogP contribution is 2.42. The molecule has 3 aromatic rings. The highest BCUT2D eigenvalue weighted by molar-refractivity contribution is 7.90. The van der Waals surface area contributed by atoms with Gasteiger partial charge in [0.1, 0.15) is 0 Å². The van der Waals surface area contributed by atoms with Crippen LogP contribution in [0.3, 0.4) is 0 Å². The van der Waals surface area contributed by atoms with Gasteiger partial charge in [0, 0.05) is 18.0 Å². The average Bonchev–Trinajstić information content (AvgIpc) is 3.35. The van der Waals surface area contributed by atoms with Crippen LogP contribution in [0.1, 0.15) is 55.6 Å². The van der Waals surface area contributed by atoms with Gasteiger partial charge < -0.3 is 5.11 Å². The summed E-state index contributed by atoms with van der Waals surface area (Å²) in [6, 6.07) is 13.7. The van der Waals surface area contributed by atoms with Crippen LogP contribution < -0.4 is 0 Å². The molecule has 1 aromatic carbocycles. The monoisotopic (exact) mass is 428 g/mol. The molecule has 1 aliphatic carbocycles. The van der Waals surface area contributed by atoms with Crippen molar-refractivity contribution in [2.24, 2.45) is 5.92 Å². The third-order valence-corrected chi connectivity index (χ3v) is 7.12. The van der Waals surface area contributed by atoms with Gasteiger partial charge in [0.05, 0.1) is 16.6 Å². The van der Waals surface area contributed by atoms with Crippen LogP contribution in [0.25, 0.3) is 5.52 Å². The third kappa shape index (κ3) is 5.08. The Morgan fingerprint density at radius 3 is 2.57 bits per heavy atom. The van der Waals surface area contributed by atoms with Gasteiger partial charge in [0.2, 0.25) is 0 Å². The summed E-state index contributed by atoms with van der Waals surface area (Å²) >= 11 is 0. The zero-order valence-electron chi connectivity index (χ0n) is 17.3. The molecule has 0 saturated heterocycles. The molecule has 1 N–H and O–H groups in total. The molecular formula is C23H28N2O4S. The number of pyridine rings is 1. The van der Waals surface area contributed by atoms with Crippen LogP contribution >= 0.6 is 0 Å². The molecule has 0 radical (unpaired) electrons. The number of rotatable bonds is 5. The number of hydrogen-bond acceptors (Lipinski definition) is 4. The lowest BCUT2D eigenvalue weighted by atomic mass is 9.88. The number of fused-ring (bicyclic) bond motifs is 1. The predicted octanol–water partition coefficient (Wildman–Crippen LogP) is 4.52. The summed E-state index contributed by atoms with van der Waals surface area (Å²) < 4.78 is 25.2. The van der Waals surface area contributed by atoms with E-state index >= 15 is 0 Å². The summed E-state index contributed by atoms with van der Waals surface area (Å²) in [6.07, 6.45) is 10.0. The van der Waals surface area contributed by atoms with Crippen molar-refractivity contribution >= 4 is 21.8 Å². The molecule has 1 aliphatic rings. The number of hydrogen-bond donors (Lipinski definition) is 1. The lowest BCUT2D eigenvalue weighted by Crippen LogP contribution is -2.03. The summed E-state index contributed by atoms with van der Waals surface area (Å²) in [4.78, 5) is 8.77. The normalized spacial score (nSPS) is 19.8. The Bertz CT molecular complexity index is 1090. The van der Waals surface area contributed by atoms with Crippen LogP contribution in [0.5, 0.6) is 0 Å². The minimum absolute atomic E-state index is 0.250. The maximum atomic E-state index is 11.6. The van der Waals surface area contributed by atoms with Gasteiger partial charge in [-0.1, -0.05) is 25.1 Å². The first-order valence-electron chi connectivity index (χ1n) is 10.1. The van der Waals surface area contributed by atoms with Crippen molar-refractivity contribution in [3.05, 3.63) is 66.0 Å². The second-order valence-electron chi connectivity index (χ2n) is 8.09. The number of carbonyl (C=O) groups is 1. The smallest absolute Gasteiger partial charge is 0.290 e. The van der Waals surface area contributed by atoms with Gasteiger partial charge in [-0.3, -0.25) is 4.79 Å². The van der Waals surface area contributed by atoms with Gasteiger partial charge in [0.25, 0.3) is 6.47 Å². The number of sulfone groups is 1. The first kappa shape index (κ1) is 22.0. The Balaban J connectivity index is 0.000000806. The Morgan fingerprint density at radius 1 is 1.20 bits per heavy atom. The van der Waals surface area contributed by atoms with Crippen LogP contribution in [0.4, 0.5) is 0 Å². The van der Waals surface area contributed by atoms with E-state index in [-0.39, 0.29) is 6.47 Å². The van der Waals surface area contributed by atoms with Gasteiger partial charge in [0.15, 0.2) is 9.84 Å². The Kier molecular flexibility index (Phi) is 6.92. The molecule has 2 heterocycles. The molecule has 7 heteroatoms. The largest absolute Gasteiger partial charge is 0.483 e. The van der Waals surface area contributed by atoms with Gasteiger partial charge >= 0.3 is 0 Å². The Hall–Kier alpha value is -2.67. The fourth-order valence-corrected chi connectivity index (χ4v) is 5.17. The second kappa shape index (κ2) is 9.43. The van der Waals surface area contributed by atoms with Gasteiger partial charge in [-0.15, -0.1) is 0 Å². The number of nitrogens with zero attached hydrogens (tertiary/aromatic N) is 2. The summed E-state index contributed by atoms with van der Waals surface area (Å²) in [6.45, 7) is 2.05. The number of carboxylic acid groups (broad SMARTS) is 1. The van der Waals surface area contributed by atoms with Crippen molar-refractivity contribution in [1.82, 2.24) is 9.61 Å². The first-order chi connectivity index (χ1) is 14.3. The van der Waals surface area contributed by atoms with Crippen molar-refractivity contribution in [3.63, 3.8) is 0 Å². The van der Waals surface area contributed by atoms with E-state index in [1.807, 2.05) is 35.1 Å². The summed E-state index contributed by atoms with van der Waals surface area (Å²) in [5, 5.41) is 11.4. The van der Waals surface area contributed by atoms with E-state index in [0.717, 1.165) is 0 Å². The zero-order valence-corrected chi connectivity index (χ0v) is 18.1. The van der Waals surface area contributed by atoms with Crippen molar-refractivity contribution in [3.8, 4) is 0 Å². The van der Waals surface area contributed by atoms with Crippen LogP contribution in [0.15, 0.2) is 59.8 Å². The zero-order chi connectivity index (χ0) is 21.7. The Morgan fingerprint density at radius 2 is 1.90 bits per heavy atom. The first-order valence-corrected chi connectivity index (χ1v) is 12.0. The molecule has 3 atom stereocenters. The van der Waals surface area contributed by atoms with Gasteiger partial charge in [-0.2, -0.15) is 5.10 Å². The third-order valence-electron chi connectivity index (χ3n) is 5.99. The minimum atomic E-state index is -3.12. The fraction of sp³-hybridized carbons (Fsp3) is 0.391. The molecule has 1 unspecified atom stereocenters. The van der Waals surface area contributed by atoms with Crippen molar-refractivity contribution in [1.29, 1.82) is 0 Å². The Labute approximate surface area is 177 Å². The average molecular weight is 429 g/mol. The molecule has 0 spiro atoms. The van der Waals surface area contributed by atoms with Crippen molar-refractivity contribution in [2.75, 3.05) is 6.26 Å². The quantitative estimate of drug-likeness (QED) is 0.604. The molecule has 4 rings (SSSR count). The molecule has 160 valence electrons. The highest BCUT2D eigenvalue weighted by atomic mass is 32.2. The SMILES string of the molecule is C[C@@H](CC1CC[C@H](c2ccc(S(C)(=O)=O)cc2)C1)c1cnn2ccccc12.O=CO. The number of aromatic nitrogens is 2. The number of benzene rings is 1. The molecular weight excluding hydrogens is 400 g/mol. The van der Waals surface area contributed by atoms with E-state index in [1.165, 1.54) is 48.6 Å². The van der Waals surface area contributed by atoms with E-state index in [2.05, 4.69) is 24.2 Å². The molecule has 0 amide bonds. The van der Waals surface area contributed by atoms with Crippen LogP contribution in [-0.4, -0.2) is 35.9 Å². The lowest BCUT2D eigenvalue weighted by molar-refractivity contribution is -0.122. The standard InChI is InChI=1S/C22H26N2O2S.CH2O2/c1-16(21-15-23-24-12-4-3-5-22(21)24)13-17-6-7-19(14-17)18-8-10-20(11-9-18)27(2,25)26;2-1-3/h3-5,8-12,15-17,19H,6-7,13-14H2,1-2H3;1H,(H,2,3)/t16-,17?,19-;/m0./s1. The van der Waals surface area contributed by atoms with Crippen molar-refractivity contribution < 1.29 is 18.3 Å². The maximum Gasteiger partial charge on any atom is 0.290 e. The molecule has 0 bridgehead atoms. The maximum absolute atomic E-state index is 11.6. The van der Waals surface area contributed by atoms with Gasteiger partial charge in [-0.05, 0) is 73.3 Å². The van der Waals surface area contributed by atoms with E-state index in [9.17, 15) is 8.42 Å². The minimum Gasteiger partial charge on any atom is -0.483 e. The predicted molar refractivity (Wildman–Crippen MR) is 117 cm³/mol. The lowest BCUT2D eigenvalue weighted by Gasteiger charge is -2.17. The molecule has 1 fully saturated rings. The second-order valence-corrected chi connectivity index (χ2v) is 10.1. The van der Waals surface area contributed by atoms with E-state index in [1.54, 1.807) is 12.1 Å². The van der Waals surface area contributed by atoms with Crippen LogP contribution in [-0.2, 0) is 14.6 Å². The molecule has 30 heavy (non-hydrogen) atoms. The van der Waals surface area contributed by atoms with E-state index in [4.69, 9.17) is 9.90 Å². The molecule has 1 saturated carbocycles. The summed E-state index contributed by atoms with van der Waals surface area (Å²) in [5.74, 6) is 1.74. The molecule has 6 nitrogen and oxygen atoms in total. The fourth-order valence-electron chi connectivity index (χ4n) is 4.54. The molecule has 0 aliphatic heterocycles. The van der Waals surface area contributed by atoms with E-state index in [0.29, 0.717) is 22.6 Å². The highest BCUT2D eigenvalue weighted by Gasteiger charge is 2.28. The summed E-state index contributed by atoms with van der Waals surface area (Å²) in [5.41, 5.74) is 3.81. The molecule has 2 aromatic heterocycles. The van der Waals surface area contributed by atoms with Crippen LogP contribution in [0.2, 0.25) is 0 Å². The summed E-state index contributed by atoms with van der Waals surface area (Å²) in [7, 11) is -3.12. The van der Waals surface area contributed by atoms with Crippen LogP contribution in [0, 0.1) is 5.92 Å². The topological polar surface area (TPSA) is 88.7 Å². The van der Waals surface area contributed by atoms with Crippen molar-refractivity contribution in [2.45, 2.75) is 49.3 Å². The van der Waals surface area contributed by atoms with Gasteiger partial charge in [-0.25, -0.2) is 12.9 Å². The van der Waals surface area contributed by atoms with E-state index < -0.39 is 9.84 Å².